The minimum absolute atomic E-state index is 0.0378. The number of hydrogen-bond donors (Lipinski definition) is 0. The Morgan fingerprint density at radius 1 is 1.06 bits per heavy atom. The van der Waals surface area contributed by atoms with Crippen LogP contribution in [0.3, 0.4) is 0 Å². The molecule has 4 unspecified atom stereocenters. The molecule has 2 aromatic rings. The Morgan fingerprint density at radius 3 is 2.48 bits per heavy atom. The quantitative estimate of drug-likeness (QED) is 0.268. The van der Waals surface area contributed by atoms with E-state index in [1.807, 2.05) is 51.1 Å². The Labute approximate surface area is 197 Å². The SMILES string of the molecule is CC(C)C(C(=O)OC(C#N)c1cccc(Oc2ccccc2)c1)C(C)C#CC1C=CCCC1. The van der Waals surface area contributed by atoms with Gasteiger partial charge in [0.15, 0.2) is 0 Å². The fourth-order valence-electron chi connectivity index (χ4n) is 4.04. The van der Waals surface area contributed by atoms with Crippen molar-refractivity contribution in [2.45, 2.75) is 46.1 Å². The van der Waals surface area contributed by atoms with Crippen LogP contribution in [0.4, 0.5) is 0 Å². The molecule has 0 aliphatic heterocycles. The predicted molar refractivity (Wildman–Crippen MR) is 129 cm³/mol. The van der Waals surface area contributed by atoms with Gasteiger partial charge in [-0.05, 0) is 49.4 Å². The first-order chi connectivity index (χ1) is 16.0. The lowest BCUT2D eigenvalue weighted by atomic mass is 9.84. The molecule has 0 N–H and O–H groups in total. The van der Waals surface area contributed by atoms with Crippen LogP contribution >= 0.6 is 0 Å². The van der Waals surface area contributed by atoms with Gasteiger partial charge in [-0.15, -0.1) is 0 Å². The summed E-state index contributed by atoms with van der Waals surface area (Å²) in [5.41, 5.74) is 0.577. The van der Waals surface area contributed by atoms with Crippen LogP contribution in [0.15, 0.2) is 66.7 Å². The van der Waals surface area contributed by atoms with Crippen LogP contribution in [0.5, 0.6) is 11.5 Å². The average molecular weight is 442 g/mol. The molecule has 0 saturated heterocycles. The zero-order valence-corrected chi connectivity index (χ0v) is 19.5. The Bertz CT molecular complexity index is 1060. The minimum Gasteiger partial charge on any atom is -0.457 e. The number of ether oxygens (including phenoxy) is 2. The first-order valence-corrected chi connectivity index (χ1v) is 11.6. The maximum Gasteiger partial charge on any atom is 0.312 e. The number of nitriles is 1. The van der Waals surface area contributed by atoms with Gasteiger partial charge in [0.1, 0.15) is 17.6 Å². The second-order valence-corrected chi connectivity index (χ2v) is 8.75. The summed E-state index contributed by atoms with van der Waals surface area (Å²) in [6.07, 6.45) is 6.64. The zero-order valence-electron chi connectivity index (χ0n) is 19.5. The number of nitrogens with zero attached hydrogens (tertiary/aromatic N) is 1. The molecule has 0 amide bonds. The molecule has 0 bridgehead atoms. The fourth-order valence-corrected chi connectivity index (χ4v) is 4.04. The second kappa shape index (κ2) is 11.9. The number of para-hydroxylation sites is 1. The number of carbonyl (C=O) groups excluding carboxylic acids is 1. The van der Waals surface area contributed by atoms with Crippen molar-refractivity contribution in [3.05, 3.63) is 72.3 Å². The molecular weight excluding hydrogens is 410 g/mol. The maximum absolute atomic E-state index is 13.1. The van der Waals surface area contributed by atoms with E-state index >= 15 is 0 Å². The molecule has 2 aromatic carbocycles. The number of rotatable bonds is 7. The molecular formula is C29H31NO3. The summed E-state index contributed by atoms with van der Waals surface area (Å²) in [4.78, 5) is 13.1. The summed E-state index contributed by atoms with van der Waals surface area (Å²) in [5, 5.41) is 9.74. The van der Waals surface area contributed by atoms with Gasteiger partial charge in [0.25, 0.3) is 0 Å². The summed E-state index contributed by atoms with van der Waals surface area (Å²) in [5.74, 6) is 7.18. The summed E-state index contributed by atoms with van der Waals surface area (Å²) in [6.45, 7) is 5.93. The van der Waals surface area contributed by atoms with Crippen LogP contribution in [-0.4, -0.2) is 5.97 Å². The van der Waals surface area contributed by atoms with Gasteiger partial charge in [-0.25, -0.2) is 0 Å². The molecule has 4 atom stereocenters. The molecule has 33 heavy (non-hydrogen) atoms. The Morgan fingerprint density at radius 2 is 1.82 bits per heavy atom. The molecule has 3 rings (SSSR count). The summed E-state index contributed by atoms with van der Waals surface area (Å²) in [6, 6.07) is 18.6. The molecule has 0 fully saturated rings. The van der Waals surface area contributed by atoms with Gasteiger partial charge in [-0.2, -0.15) is 5.26 Å². The number of allylic oxidation sites excluding steroid dienone is 2. The van der Waals surface area contributed by atoms with Gasteiger partial charge in [0.05, 0.1) is 5.92 Å². The largest absolute Gasteiger partial charge is 0.457 e. The number of benzene rings is 2. The van der Waals surface area contributed by atoms with E-state index in [0.29, 0.717) is 17.1 Å². The second-order valence-electron chi connectivity index (χ2n) is 8.75. The highest BCUT2D eigenvalue weighted by atomic mass is 16.5. The van der Waals surface area contributed by atoms with E-state index < -0.39 is 18.0 Å². The highest BCUT2D eigenvalue weighted by Crippen LogP contribution is 2.29. The third kappa shape index (κ3) is 6.99. The molecule has 4 heteroatoms. The Kier molecular flexibility index (Phi) is 8.73. The van der Waals surface area contributed by atoms with Crippen LogP contribution in [-0.2, 0) is 9.53 Å². The van der Waals surface area contributed by atoms with E-state index in [9.17, 15) is 10.1 Å². The van der Waals surface area contributed by atoms with Crippen LogP contribution in [0.2, 0.25) is 0 Å². The molecule has 1 aliphatic rings. The lowest BCUT2D eigenvalue weighted by Crippen LogP contribution is -2.29. The first-order valence-electron chi connectivity index (χ1n) is 11.6. The molecule has 1 aliphatic carbocycles. The summed E-state index contributed by atoms with van der Waals surface area (Å²) in [7, 11) is 0. The van der Waals surface area contributed by atoms with Gasteiger partial charge in [0, 0.05) is 17.4 Å². The van der Waals surface area contributed by atoms with E-state index in [4.69, 9.17) is 9.47 Å². The van der Waals surface area contributed by atoms with Crippen molar-refractivity contribution < 1.29 is 14.3 Å². The molecule has 170 valence electrons. The smallest absolute Gasteiger partial charge is 0.312 e. The van der Waals surface area contributed by atoms with Gasteiger partial charge < -0.3 is 9.47 Å². The van der Waals surface area contributed by atoms with E-state index in [1.165, 1.54) is 0 Å². The van der Waals surface area contributed by atoms with Gasteiger partial charge >= 0.3 is 5.97 Å². The van der Waals surface area contributed by atoms with Crippen LogP contribution in [0.1, 0.15) is 51.7 Å². The third-order valence-corrected chi connectivity index (χ3v) is 5.77. The van der Waals surface area contributed by atoms with Crippen LogP contribution in [0, 0.1) is 46.8 Å². The van der Waals surface area contributed by atoms with Crippen molar-refractivity contribution in [3.63, 3.8) is 0 Å². The van der Waals surface area contributed by atoms with E-state index in [1.54, 1.807) is 24.3 Å². The minimum atomic E-state index is -1.01. The standard InChI is InChI=1S/C29H31NO3/c1-21(2)28(22(3)17-18-23-11-6-4-7-12-23)29(31)33-27(20-30)24-13-10-16-26(19-24)32-25-14-8-5-9-15-25/h5-6,8-11,13-16,19,21-23,27-28H,4,7,12H2,1-3H3. The lowest BCUT2D eigenvalue weighted by Gasteiger charge is -2.24. The van der Waals surface area contributed by atoms with Gasteiger partial charge in [-0.1, -0.05) is 75.1 Å². The van der Waals surface area contributed by atoms with Crippen LogP contribution < -0.4 is 4.74 Å². The van der Waals surface area contributed by atoms with Crippen molar-refractivity contribution in [3.8, 4) is 29.4 Å². The van der Waals surface area contributed by atoms with E-state index in [2.05, 4.69) is 30.1 Å². The lowest BCUT2D eigenvalue weighted by molar-refractivity contribution is -0.154. The number of hydrogen-bond acceptors (Lipinski definition) is 4. The van der Waals surface area contributed by atoms with Crippen molar-refractivity contribution in [1.29, 1.82) is 5.26 Å². The fraction of sp³-hybridized carbons (Fsp3) is 0.379. The zero-order chi connectivity index (χ0) is 23.6. The molecule has 0 aromatic heterocycles. The van der Waals surface area contributed by atoms with Crippen molar-refractivity contribution in [2.75, 3.05) is 0 Å². The van der Waals surface area contributed by atoms with Crippen molar-refractivity contribution in [1.82, 2.24) is 0 Å². The summed E-state index contributed by atoms with van der Waals surface area (Å²) >= 11 is 0. The Hall–Kier alpha value is -3.50. The predicted octanol–water partition coefficient (Wildman–Crippen LogP) is 6.85. The summed E-state index contributed by atoms with van der Waals surface area (Å²) < 4.78 is 11.5. The monoisotopic (exact) mass is 441 g/mol. The Balaban J connectivity index is 1.71. The van der Waals surface area contributed by atoms with Crippen molar-refractivity contribution in [2.24, 2.45) is 23.7 Å². The number of esters is 1. The van der Waals surface area contributed by atoms with Crippen LogP contribution in [0.25, 0.3) is 0 Å². The molecule has 0 radical (unpaired) electrons. The maximum atomic E-state index is 13.1. The first kappa shape index (κ1) is 24.1. The molecule has 0 heterocycles. The van der Waals surface area contributed by atoms with Crippen molar-refractivity contribution >= 4 is 5.97 Å². The average Bonchev–Trinajstić information content (AvgIpc) is 2.82. The number of carbonyl (C=O) groups is 1. The highest BCUT2D eigenvalue weighted by Gasteiger charge is 2.31. The third-order valence-electron chi connectivity index (χ3n) is 5.77. The van der Waals surface area contributed by atoms with Gasteiger partial charge in [-0.3, -0.25) is 4.79 Å². The molecule has 0 saturated carbocycles. The topological polar surface area (TPSA) is 59.3 Å². The van der Waals surface area contributed by atoms with Gasteiger partial charge in [0.2, 0.25) is 6.10 Å². The molecule has 4 nitrogen and oxygen atoms in total. The van der Waals surface area contributed by atoms with E-state index in [-0.39, 0.29) is 17.8 Å². The van der Waals surface area contributed by atoms with E-state index in [0.717, 1.165) is 19.3 Å². The highest BCUT2D eigenvalue weighted by molar-refractivity contribution is 5.74. The molecule has 0 spiro atoms. The normalized spacial score (nSPS) is 17.7.